The summed E-state index contributed by atoms with van der Waals surface area (Å²) in [6, 6.07) is 1.30. The molecule has 150 valence electrons. The molecule has 0 saturated carbocycles. The van der Waals surface area contributed by atoms with Crippen molar-refractivity contribution in [2.45, 2.75) is 6.11 Å². The molecular weight excluding hydrogens is 407 g/mol. The fourth-order valence-electron chi connectivity index (χ4n) is 2.82. The molecule has 1 amide bonds. The van der Waals surface area contributed by atoms with E-state index in [1.165, 1.54) is 0 Å². The van der Waals surface area contributed by atoms with Gasteiger partial charge in [0.2, 0.25) is 0 Å². The molecule has 0 N–H and O–H groups in total. The van der Waals surface area contributed by atoms with Gasteiger partial charge in [-0.1, -0.05) is 18.6 Å². The molecule has 0 atom stereocenters. The third kappa shape index (κ3) is 2.90. The van der Waals surface area contributed by atoms with Crippen LogP contribution < -0.4 is 9.64 Å². The van der Waals surface area contributed by atoms with Crippen LogP contribution in [0.25, 0.3) is 17.2 Å². The van der Waals surface area contributed by atoms with Crippen LogP contribution >= 0.6 is 0 Å². The first-order valence-electron chi connectivity index (χ1n) is 7.70. The second-order valence-corrected chi connectivity index (χ2v) is 5.74. The van der Waals surface area contributed by atoms with Gasteiger partial charge in [0.15, 0.2) is 29.0 Å². The van der Waals surface area contributed by atoms with Crippen LogP contribution in [0.15, 0.2) is 18.7 Å². The summed E-state index contributed by atoms with van der Waals surface area (Å²) in [5.41, 5.74) is -4.32. The molecule has 1 aliphatic rings. The minimum absolute atomic E-state index is 0.141. The van der Waals surface area contributed by atoms with E-state index in [4.69, 9.17) is 6.42 Å². The zero-order valence-electron chi connectivity index (χ0n) is 14.1. The molecule has 0 spiro atoms. The van der Waals surface area contributed by atoms with E-state index in [2.05, 4.69) is 11.3 Å². The SMILES string of the molecule is C#CCN1C(=O)C(F)(F)Oc2ccc(-c3c(F)c(F)c(F)c(C=C)c3F)c(F)c21. The summed E-state index contributed by atoms with van der Waals surface area (Å²) in [7, 11) is 0. The van der Waals surface area contributed by atoms with Crippen molar-refractivity contribution in [2.24, 2.45) is 0 Å². The quantitative estimate of drug-likeness (QED) is 0.316. The average molecular weight is 415 g/mol. The number of carbonyl (C=O) groups excluding carboxylic acids is 1. The van der Waals surface area contributed by atoms with Crippen LogP contribution in [-0.4, -0.2) is 18.6 Å². The lowest BCUT2D eigenvalue weighted by Gasteiger charge is -2.33. The Kier molecular flexibility index (Phi) is 4.78. The number of hydrogen-bond acceptors (Lipinski definition) is 2. The van der Waals surface area contributed by atoms with E-state index < -0.39 is 75.8 Å². The third-order valence-electron chi connectivity index (χ3n) is 4.10. The van der Waals surface area contributed by atoms with E-state index in [1.54, 1.807) is 0 Å². The first-order valence-corrected chi connectivity index (χ1v) is 7.70. The first-order chi connectivity index (χ1) is 13.6. The van der Waals surface area contributed by atoms with E-state index in [9.17, 15) is 31.1 Å². The fourth-order valence-corrected chi connectivity index (χ4v) is 2.82. The predicted octanol–water partition coefficient (Wildman–Crippen LogP) is 4.64. The van der Waals surface area contributed by atoms with Crippen molar-refractivity contribution in [2.75, 3.05) is 11.4 Å². The lowest BCUT2D eigenvalue weighted by Crippen LogP contribution is -2.51. The maximum atomic E-state index is 15.1. The number of anilines is 1. The van der Waals surface area contributed by atoms with E-state index in [-0.39, 0.29) is 4.90 Å². The van der Waals surface area contributed by atoms with Gasteiger partial charge in [-0.25, -0.2) is 22.0 Å². The van der Waals surface area contributed by atoms with Gasteiger partial charge in [-0.05, 0) is 12.1 Å². The molecule has 0 unspecified atom stereocenters. The van der Waals surface area contributed by atoms with E-state index in [0.717, 1.165) is 0 Å². The van der Waals surface area contributed by atoms with Gasteiger partial charge >= 0.3 is 12.0 Å². The van der Waals surface area contributed by atoms with E-state index in [0.29, 0.717) is 18.2 Å². The summed E-state index contributed by atoms with van der Waals surface area (Å²) in [4.78, 5) is 12.0. The number of alkyl halides is 2. The third-order valence-corrected chi connectivity index (χ3v) is 4.10. The number of hydrogen-bond donors (Lipinski definition) is 0. The molecule has 0 aromatic heterocycles. The molecule has 0 radical (unpaired) electrons. The predicted molar refractivity (Wildman–Crippen MR) is 88.5 cm³/mol. The zero-order valence-corrected chi connectivity index (χ0v) is 14.1. The van der Waals surface area contributed by atoms with Crippen molar-refractivity contribution in [3.8, 4) is 29.2 Å². The van der Waals surface area contributed by atoms with Crippen molar-refractivity contribution in [1.29, 1.82) is 0 Å². The minimum atomic E-state index is -4.37. The van der Waals surface area contributed by atoms with Gasteiger partial charge in [0.05, 0.1) is 12.1 Å². The minimum Gasteiger partial charge on any atom is -0.423 e. The van der Waals surface area contributed by atoms with Crippen molar-refractivity contribution >= 4 is 17.7 Å². The van der Waals surface area contributed by atoms with Crippen molar-refractivity contribution in [3.63, 3.8) is 0 Å². The largest absolute Gasteiger partial charge is 0.483 e. The van der Waals surface area contributed by atoms with Gasteiger partial charge in [-0.2, -0.15) is 8.78 Å². The summed E-state index contributed by atoms with van der Waals surface area (Å²) in [5, 5.41) is 0. The molecular formula is C19H8F7NO2. The normalized spacial score (nSPS) is 14.8. The van der Waals surface area contributed by atoms with Gasteiger partial charge in [-0.3, -0.25) is 9.69 Å². The number of carbonyl (C=O) groups is 1. The Balaban J connectivity index is 2.35. The molecule has 0 bridgehead atoms. The van der Waals surface area contributed by atoms with Crippen LogP contribution in [0.4, 0.5) is 36.4 Å². The molecule has 3 nitrogen and oxygen atoms in total. The summed E-state index contributed by atoms with van der Waals surface area (Å²) in [6.07, 6.45) is 1.19. The van der Waals surface area contributed by atoms with Crippen LogP contribution in [0.3, 0.4) is 0 Å². The molecule has 2 aromatic carbocycles. The Hall–Kier alpha value is -3.48. The lowest BCUT2D eigenvalue weighted by atomic mass is 9.98. The molecule has 0 fully saturated rings. The number of ether oxygens (including phenoxy) is 1. The molecule has 1 aliphatic heterocycles. The number of benzene rings is 2. The van der Waals surface area contributed by atoms with Crippen molar-refractivity contribution in [1.82, 2.24) is 0 Å². The van der Waals surface area contributed by atoms with Crippen LogP contribution in [0, 0.1) is 41.4 Å². The molecule has 2 aromatic rings. The highest BCUT2D eigenvalue weighted by Crippen LogP contribution is 2.45. The Bertz CT molecular complexity index is 1110. The molecule has 1 heterocycles. The highest BCUT2D eigenvalue weighted by atomic mass is 19.3. The molecule has 3 rings (SSSR count). The Labute approximate surface area is 159 Å². The number of halogens is 7. The number of terminal acetylenes is 1. The summed E-state index contributed by atoms with van der Waals surface area (Å²) in [6.45, 7) is 2.24. The first kappa shape index (κ1) is 20.3. The lowest BCUT2D eigenvalue weighted by molar-refractivity contribution is -0.192. The Morgan fingerprint density at radius 1 is 1.07 bits per heavy atom. The smallest absolute Gasteiger partial charge is 0.423 e. The fraction of sp³-hybridized carbons (Fsp3) is 0.105. The van der Waals surface area contributed by atoms with Gasteiger partial charge < -0.3 is 4.74 Å². The number of fused-ring (bicyclic) bond motifs is 1. The maximum Gasteiger partial charge on any atom is 0.483 e. The highest BCUT2D eigenvalue weighted by molar-refractivity contribution is 6.02. The van der Waals surface area contributed by atoms with Crippen molar-refractivity contribution < 1.29 is 40.3 Å². The molecule has 10 heteroatoms. The number of nitrogens with zero attached hydrogens (tertiary/aromatic N) is 1. The second-order valence-electron chi connectivity index (χ2n) is 5.74. The van der Waals surface area contributed by atoms with Crippen LogP contribution in [-0.2, 0) is 4.79 Å². The van der Waals surface area contributed by atoms with E-state index >= 15 is 4.39 Å². The standard InChI is InChI=1S/C19H8F7NO2/c1-3-7-27-17-10(29-19(25,26)18(27)28)6-5-9(14(17)22)11-12(20)8(4-2)13(21)16(24)15(11)23/h1,4-6H,2,7H2. The van der Waals surface area contributed by atoms with Crippen LogP contribution in [0.2, 0.25) is 0 Å². The average Bonchev–Trinajstić information content (AvgIpc) is 2.66. The highest BCUT2D eigenvalue weighted by Gasteiger charge is 2.51. The summed E-state index contributed by atoms with van der Waals surface area (Å²) < 4.78 is 103. The number of amides is 1. The topological polar surface area (TPSA) is 29.5 Å². The second kappa shape index (κ2) is 6.84. The Morgan fingerprint density at radius 3 is 2.31 bits per heavy atom. The molecule has 0 saturated heterocycles. The molecule has 29 heavy (non-hydrogen) atoms. The molecule has 0 aliphatic carbocycles. The monoisotopic (exact) mass is 415 g/mol. The summed E-state index contributed by atoms with van der Waals surface area (Å²) in [5.74, 6) is -10.4. The van der Waals surface area contributed by atoms with Gasteiger partial charge in [0.25, 0.3) is 0 Å². The maximum absolute atomic E-state index is 15.1. The zero-order chi connectivity index (χ0) is 21.7. The number of rotatable bonds is 3. The van der Waals surface area contributed by atoms with Crippen LogP contribution in [0.5, 0.6) is 5.75 Å². The Morgan fingerprint density at radius 2 is 1.72 bits per heavy atom. The van der Waals surface area contributed by atoms with Crippen LogP contribution in [0.1, 0.15) is 5.56 Å². The van der Waals surface area contributed by atoms with Crippen molar-refractivity contribution in [3.05, 3.63) is 53.4 Å². The van der Waals surface area contributed by atoms with Gasteiger partial charge in [0, 0.05) is 11.1 Å². The van der Waals surface area contributed by atoms with Gasteiger partial charge in [0.1, 0.15) is 11.5 Å². The van der Waals surface area contributed by atoms with Gasteiger partial charge in [-0.15, -0.1) is 6.42 Å². The van der Waals surface area contributed by atoms with E-state index in [1.807, 2.05) is 5.92 Å². The summed E-state index contributed by atoms with van der Waals surface area (Å²) >= 11 is 0.